The Balaban J connectivity index is 1.95. The number of hydrogen-bond acceptors (Lipinski definition) is 7. The van der Waals surface area contributed by atoms with Crippen molar-refractivity contribution in [1.29, 1.82) is 0 Å². The topological polar surface area (TPSA) is 71.1 Å². The fraction of sp³-hybridized carbons (Fsp3) is 0.333. The van der Waals surface area contributed by atoms with E-state index in [-0.39, 0.29) is 6.61 Å². The lowest BCUT2D eigenvalue weighted by Gasteiger charge is -2.20. The second kappa shape index (κ2) is 9.01. The molecule has 0 spiro atoms. The molecule has 0 saturated carbocycles. The molecule has 3 rings (SSSR count). The fourth-order valence-corrected chi connectivity index (χ4v) is 4.29. The highest BCUT2D eigenvalue weighted by atomic mass is 32.2. The third kappa shape index (κ3) is 4.09. The molecule has 148 valence electrons. The van der Waals surface area contributed by atoms with Gasteiger partial charge < -0.3 is 18.9 Å². The molecule has 0 N–H and O–H groups in total. The quantitative estimate of drug-likeness (QED) is 0.655. The van der Waals surface area contributed by atoms with Gasteiger partial charge in [0.15, 0.2) is 11.5 Å². The number of hydrogen-bond donors (Lipinski definition) is 0. The first kappa shape index (κ1) is 20.1. The highest BCUT2D eigenvalue weighted by Gasteiger charge is 2.51. The van der Waals surface area contributed by atoms with E-state index < -0.39 is 29.2 Å². The predicted molar refractivity (Wildman–Crippen MR) is 105 cm³/mol. The highest BCUT2D eigenvalue weighted by Crippen LogP contribution is 2.45. The average Bonchev–Trinajstić information content (AvgIpc) is 3.04. The van der Waals surface area contributed by atoms with Gasteiger partial charge >= 0.3 is 11.9 Å². The van der Waals surface area contributed by atoms with Gasteiger partial charge in [0, 0.05) is 4.90 Å². The van der Waals surface area contributed by atoms with E-state index in [0.717, 1.165) is 4.90 Å². The minimum absolute atomic E-state index is 0.227. The van der Waals surface area contributed by atoms with Crippen LogP contribution in [-0.2, 0) is 19.1 Å². The fourth-order valence-electron chi connectivity index (χ4n) is 3.13. The van der Waals surface area contributed by atoms with Crippen molar-refractivity contribution in [2.24, 2.45) is 5.92 Å². The molecule has 1 fully saturated rings. The van der Waals surface area contributed by atoms with Crippen LogP contribution in [0.2, 0.25) is 0 Å². The summed E-state index contributed by atoms with van der Waals surface area (Å²) in [5, 5.41) is -0.695. The Morgan fingerprint density at radius 3 is 2.43 bits per heavy atom. The van der Waals surface area contributed by atoms with E-state index in [2.05, 4.69) is 0 Å². The molecular weight excluding hydrogens is 380 g/mol. The zero-order valence-electron chi connectivity index (χ0n) is 15.9. The van der Waals surface area contributed by atoms with Gasteiger partial charge in [-0.05, 0) is 36.8 Å². The van der Waals surface area contributed by atoms with Crippen LogP contribution in [0.1, 0.15) is 18.6 Å². The Morgan fingerprint density at radius 1 is 1.07 bits per heavy atom. The van der Waals surface area contributed by atoms with Crippen molar-refractivity contribution in [2.45, 2.75) is 23.2 Å². The second-order valence-corrected chi connectivity index (χ2v) is 7.32. The summed E-state index contributed by atoms with van der Waals surface area (Å²) in [5.74, 6) is -0.611. The maximum Gasteiger partial charge on any atom is 0.321 e. The lowest BCUT2D eigenvalue weighted by molar-refractivity contribution is -0.150. The van der Waals surface area contributed by atoms with Crippen molar-refractivity contribution in [2.75, 3.05) is 20.8 Å². The number of methoxy groups -OCH3 is 2. The zero-order chi connectivity index (χ0) is 20.1. The normalized spacial score (nSPS) is 21.1. The maximum atomic E-state index is 12.7. The summed E-state index contributed by atoms with van der Waals surface area (Å²) in [6.07, 6.45) is -0.757. The SMILES string of the molecule is CCOC(=O)C1C(Sc2ccccc2)C(=O)OC1c1ccc(OC)c(OC)c1. The van der Waals surface area contributed by atoms with Crippen LogP contribution >= 0.6 is 11.8 Å². The van der Waals surface area contributed by atoms with Crippen molar-refractivity contribution in [3.05, 3.63) is 54.1 Å². The van der Waals surface area contributed by atoms with Crippen LogP contribution in [0.15, 0.2) is 53.4 Å². The first-order valence-corrected chi connectivity index (χ1v) is 9.77. The van der Waals surface area contributed by atoms with E-state index in [9.17, 15) is 9.59 Å². The molecule has 1 saturated heterocycles. The van der Waals surface area contributed by atoms with Gasteiger partial charge in [0.1, 0.15) is 17.3 Å². The Labute approximate surface area is 168 Å². The third-order valence-electron chi connectivity index (χ3n) is 4.43. The summed E-state index contributed by atoms with van der Waals surface area (Å²) in [6.45, 7) is 1.96. The molecule has 0 bridgehead atoms. The number of cyclic esters (lactones) is 1. The van der Waals surface area contributed by atoms with Gasteiger partial charge in [-0.1, -0.05) is 24.3 Å². The number of ether oxygens (including phenoxy) is 4. The van der Waals surface area contributed by atoms with Gasteiger partial charge in [0.05, 0.1) is 20.8 Å². The van der Waals surface area contributed by atoms with Gasteiger partial charge in [0.25, 0.3) is 0 Å². The van der Waals surface area contributed by atoms with Crippen LogP contribution in [0.3, 0.4) is 0 Å². The molecule has 1 aliphatic rings. The molecule has 0 aromatic heterocycles. The van der Waals surface area contributed by atoms with Gasteiger partial charge in [-0.25, -0.2) is 0 Å². The molecule has 0 aliphatic carbocycles. The number of thioether (sulfide) groups is 1. The first-order chi connectivity index (χ1) is 13.6. The summed E-state index contributed by atoms with van der Waals surface area (Å²) in [7, 11) is 3.07. The molecule has 0 amide bonds. The van der Waals surface area contributed by atoms with Crippen LogP contribution < -0.4 is 9.47 Å². The number of carbonyl (C=O) groups is 2. The average molecular weight is 402 g/mol. The van der Waals surface area contributed by atoms with Gasteiger partial charge in [-0.3, -0.25) is 9.59 Å². The number of benzene rings is 2. The van der Waals surface area contributed by atoms with E-state index in [1.807, 2.05) is 30.3 Å². The first-order valence-electron chi connectivity index (χ1n) is 8.89. The summed E-state index contributed by atoms with van der Waals surface area (Å²) >= 11 is 1.31. The highest BCUT2D eigenvalue weighted by molar-refractivity contribution is 8.00. The molecular formula is C21H22O6S. The van der Waals surface area contributed by atoms with Crippen LogP contribution in [0, 0.1) is 5.92 Å². The minimum atomic E-state index is -0.768. The van der Waals surface area contributed by atoms with Crippen LogP contribution in [-0.4, -0.2) is 38.0 Å². The molecule has 1 heterocycles. The number of carbonyl (C=O) groups excluding carboxylic acids is 2. The molecule has 3 unspecified atom stereocenters. The molecule has 3 atom stereocenters. The molecule has 1 aliphatic heterocycles. The number of esters is 2. The van der Waals surface area contributed by atoms with E-state index in [0.29, 0.717) is 17.1 Å². The van der Waals surface area contributed by atoms with E-state index in [1.165, 1.54) is 18.9 Å². The molecule has 2 aromatic rings. The van der Waals surface area contributed by atoms with Crippen LogP contribution in [0.4, 0.5) is 0 Å². The summed E-state index contributed by atoms with van der Waals surface area (Å²) in [4.78, 5) is 26.3. The van der Waals surface area contributed by atoms with Gasteiger partial charge in [0.2, 0.25) is 0 Å². The Hall–Kier alpha value is -2.67. The van der Waals surface area contributed by atoms with E-state index in [1.54, 1.807) is 32.2 Å². The third-order valence-corrected chi connectivity index (χ3v) is 5.71. The van der Waals surface area contributed by atoms with Crippen molar-refractivity contribution < 1.29 is 28.5 Å². The van der Waals surface area contributed by atoms with Crippen molar-refractivity contribution >= 4 is 23.7 Å². The van der Waals surface area contributed by atoms with Crippen LogP contribution in [0.25, 0.3) is 0 Å². The lowest BCUT2D eigenvalue weighted by Crippen LogP contribution is -2.29. The molecule has 28 heavy (non-hydrogen) atoms. The Kier molecular flexibility index (Phi) is 6.46. The zero-order valence-corrected chi connectivity index (χ0v) is 16.7. The molecule has 6 nitrogen and oxygen atoms in total. The predicted octanol–water partition coefficient (Wildman–Crippen LogP) is 3.64. The van der Waals surface area contributed by atoms with Crippen molar-refractivity contribution in [1.82, 2.24) is 0 Å². The molecule has 2 aromatic carbocycles. The van der Waals surface area contributed by atoms with Gasteiger partial charge in [-0.2, -0.15) is 0 Å². The molecule has 7 heteroatoms. The number of rotatable bonds is 7. The van der Waals surface area contributed by atoms with E-state index >= 15 is 0 Å². The maximum absolute atomic E-state index is 12.7. The smallest absolute Gasteiger partial charge is 0.321 e. The monoisotopic (exact) mass is 402 g/mol. The Morgan fingerprint density at radius 2 is 1.79 bits per heavy atom. The minimum Gasteiger partial charge on any atom is -0.493 e. The largest absolute Gasteiger partial charge is 0.493 e. The molecule has 0 radical (unpaired) electrons. The van der Waals surface area contributed by atoms with Crippen LogP contribution in [0.5, 0.6) is 11.5 Å². The van der Waals surface area contributed by atoms with Gasteiger partial charge in [-0.15, -0.1) is 11.8 Å². The van der Waals surface area contributed by atoms with Crippen molar-refractivity contribution in [3.8, 4) is 11.5 Å². The standard InChI is InChI=1S/C21H22O6S/c1-4-26-20(22)17-18(13-10-11-15(24-2)16(12-13)25-3)27-21(23)19(17)28-14-8-6-5-7-9-14/h5-12,17-19H,4H2,1-3H3. The Bertz CT molecular complexity index is 838. The summed E-state index contributed by atoms with van der Waals surface area (Å²) < 4.78 is 21.5. The summed E-state index contributed by atoms with van der Waals surface area (Å²) in [5.41, 5.74) is 0.653. The second-order valence-electron chi connectivity index (χ2n) is 6.10. The van der Waals surface area contributed by atoms with Crippen molar-refractivity contribution in [3.63, 3.8) is 0 Å². The van der Waals surface area contributed by atoms with E-state index in [4.69, 9.17) is 18.9 Å². The lowest BCUT2D eigenvalue weighted by atomic mass is 9.94. The summed E-state index contributed by atoms with van der Waals surface area (Å²) in [6, 6.07) is 14.7.